The van der Waals surface area contributed by atoms with Gasteiger partial charge in [0, 0.05) is 25.4 Å². The third-order valence-electron chi connectivity index (χ3n) is 3.83. The Balaban J connectivity index is 2.05. The number of hydrogen-bond acceptors (Lipinski definition) is 4. The quantitative estimate of drug-likeness (QED) is 0.630. The molecule has 0 spiro atoms. The molecular formula is C15H29NO3S. The zero-order chi connectivity index (χ0) is 14.8. The molecule has 5 heteroatoms. The van der Waals surface area contributed by atoms with Crippen LogP contribution in [0.1, 0.15) is 64.7 Å². The molecule has 20 heavy (non-hydrogen) atoms. The maximum atomic E-state index is 11.8. The number of carbonyl (C=O) groups is 1. The van der Waals surface area contributed by atoms with Crippen molar-refractivity contribution in [2.45, 2.75) is 70.8 Å². The SMILES string of the molecule is CCCCCCCCCC(=O)CC1CS(=O)(=O)CCN1. The van der Waals surface area contributed by atoms with Crippen LogP contribution < -0.4 is 5.32 Å². The van der Waals surface area contributed by atoms with E-state index in [1.165, 1.54) is 32.1 Å². The highest BCUT2D eigenvalue weighted by molar-refractivity contribution is 7.91. The van der Waals surface area contributed by atoms with E-state index in [9.17, 15) is 13.2 Å². The van der Waals surface area contributed by atoms with Crippen molar-refractivity contribution in [2.24, 2.45) is 0 Å². The highest BCUT2D eigenvalue weighted by Gasteiger charge is 2.25. The molecule has 1 heterocycles. The number of ketones is 1. The topological polar surface area (TPSA) is 63.2 Å². The Morgan fingerprint density at radius 2 is 1.75 bits per heavy atom. The van der Waals surface area contributed by atoms with E-state index in [2.05, 4.69) is 12.2 Å². The van der Waals surface area contributed by atoms with Gasteiger partial charge in [-0.05, 0) is 6.42 Å². The molecule has 1 saturated heterocycles. The maximum Gasteiger partial charge on any atom is 0.153 e. The van der Waals surface area contributed by atoms with E-state index >= 15 is 0 Å². The van der Waals surface area contributed by atoms with Gasteiger partial charge in [0.15, 0.2) is 9.84 Å². The fraction of sp³-hybridized carbons (Fsp3) is 0.933. The fourth-order valence-corrected chi connectivity index (χ4v) is 4.10. The summed E-state index contributed by atoms with van der Waals surface area (Å²) in [5, 5.41) is 3.13. The van der Waals surface area contributed by atoms with E-state index in [-0.39, 0.29) is 23.3 Å². The molecule has 1 atom stereocenters. The Labute approximate surface area is 123 Å². The molecule has 0 aromatic heterocycles. The van der Waals surface area contributed by atoms with Crippen LogP contribution in [0.5, 0.6) is 0 Å². The second kappa shape index (κ2) is 9.50. The Kier molecular flexibility index (Phi) is 8.38. The lowest BCUT2D eigenvalue weighted by Crippen LogP contribution is -2.45. The van der Waals surface area contributed by atoms with Crippen molar-refractivity contribution >= 4 is 15.6 Å². The zero-order valence-electron chi connectivity index (χ0n) is 12.7. The largest absolute Gasteiger partial charge is 0.312 e. The van der Waals surface area contributed by atoms with Crippen molar-refractivity contribution in [1.29, 1.82) is 0 Å². The summed E-state index contributed by atoms with van der Waals surface area (Å²) in [6.07, 6.45) is 9.38. The van der Waals surface area contributed by atoms with Crippen molar-refractivity contribution in [3.8, 4) is 0 Å². The lowest BCUT2D eigenvalue weighted by molar-refractivity contribution is -0.119. The monoisotopic (exact) mass is 303 g/mol. The molecule has 1 N–H and O–H groups in total. The molecule has 1 unspecified atom stereocenters. The van der Waals surface area contributed by atoms with Gasteiger partial charge >= 0.3 is 0 Å². The van der Waals surface area contributed by atoms with E-state index in [1.54, 1.807) is 0 Å². The van der Waals surface area contributed by atoms with Gasteiger partial charge in [-0.2, -0.15) is 0 Å². The Hall–Kier alpha value is -0.420. The van der Waals surface area contributed by atoms with Gasteiger partial charge in [-0.1, -0.05) is 45.4 Å². The van der Waals surface area contributed by atoms with Crippen LogP contribution >= 0.6 is 0 Å². The van der Waals surface area contributed by atoms with Gasteiger partial charge in [0.1, 0.15) is 5.78 Å². The Bertz CT molecular complexity index is 379. The summed E-state index contributed by atoms with van der Waals surface area (Å²) in [5.74, 6) is 0.527. The van der Waals surface area contributed by atoms with Crippen molar-refractivity contribution in [1.82, 2.24) is 5.32 Å². The summed E-state index contributed by atoms with van der Waals surface area (Å²) in [6.45, 7) is 2.69. The molecular weight excluding hydrogens is 274 g/mol. The van der Waals surface area contributed by atoms with Crippen LogP contribution in [-0.4, -0.2) is 38.3 Å². The van der Waals surface area contributed by atoms with E-state index < -0.39 is 9.84 Å². The average molecular weight is 303 g/mol. The smallest absolute Gasteiger partial charge is 0.153 e. The zero-order valence-corrected chi connectivity index (χ0v) is 13.5. The lowest BCUT2D eigenvalue weighted by atomic mass is 10.0. The summed E-state index contributed by atoms with van der Waals surface area (Å²) in [5.41, 5.74) is 0. The molecule has 0 radical (unpaired) electrons. The highest BCUT2D eigenvalue weighted by Crippen LogP contribution is 2.11. The molecule has 0 saturated carbocycles. The van der Waals surface area contributed by atoms with Crippen molar-refractivity contribution in [2.75, 3.05) is 18.1 Å². The first kappa shape index (κ1) is 17.6. The summed E-state index contributed by atoms with van der Waals surface area (Å²) in [6, 6.07) is -0.161. The number of sulfone groups is 1. The molecule has 1 aliphatic rings. The Morgan fingerprint density at radius 1 is 1.10 bits per heavy atom. The number of rotatable bonds is 10. The average Bonchev–Trinajstić information content (AvgIpc) is 2.36. The van der Waals surface area contributed by atoms with Gasteiger partial charge in [0.25, 0.3) is 0 Å². The maximum absolute atomic E-state index is 11.8. The van der Waals surface area contributed by atoms with Gasteiger partial charge < -0.3 is 5.32 Å². The number of unbranched alkanes of at least 4 members (excludes halogenated alkanes) is 6. The number of nitrogens with one attached hydrogen (secondary N) is 1. The molecule has 1 aliphatic heterocycles. The molecule has 0 bridgehead atoms. The van der Waals surface area contributed by atoms with Crippen LogP contribution in [0.3, 0.4) is 0 Å². The summed E-state index contributed by atoms with van der Waals surface area (Å²) in [7, 11) is -2.93. The van der Waals surface area contributed by atoms with Crippen LogP contribution in [0.25, 0.3) is 0 Å². The van der Waals surface area contributed by atoms with E-state index in [0.717, 1.165) is 12.8 Å². The second-order valence-electron chi connectivity index (χ2n) is 5.88. The minimum absolute atomic E-state index is 0.121. The normalized spacial score (nSPS) is 21.8. The van der Waals surface area contributed by atoms with Crippen molar-refractivity contribution in [3.05, 3.63) is 0 Å². The van der Waals surface area contributed by atoms with Crippen LogP contribution in [-0.2, 0) is 14.6 Å². The first-order valence-corrected chi connectivity index (χ1v) is 9.81. The number of Topliss-reactive ketones (excluding diaryl/α,β-unsaturated/α-hetero) is 1. The van der Waals surface area contributed by atoms with E-state index in [4.69, 9.17) is 0 Å². The molecule has 0 aromatic rings. The summed E-state index contributed by atoms with van der Waals surface area (Å²) < 4.78 is 23.0. The van der Waals surface area contributed by atoms with Crippen LogP contribution in [0.15, 0.2) is 0 Å². The van der Waals surface area contributed by atoms with Gasteiger partial charge in [-0.3, -0.25) is 4.79 Å². The minimum Gasteiger partial charge on any atom is -0.312 e. The predicted molar refractivity (Wildman–Crippen MR) is 82.7 cm³/mol. The van der Waals surface area contributed by atoms with E-state index in [0.29, 0.717) is 19.4 Å². The molecule has 4 nitrogen and oxygen atoms in total. The van der Waals surface area contributed by atoms with Crippen molar-refractivity contribution < 1.29 is 13.2 Å². The third kappa shape index (κ3) is 8.00. The van der Waals surface area contributed by atoms with Gasteiger partial charge in [-0.15, -0.1) is 0 Å². The predicted octanol–water partition coefficient (Wildman–Crippen LogP) is 2.47. The minimum atomic E-state index is -2.93. The van der Waals surface area contributed by atoms with Gasteiger partial charge in [0.2, 0.25) is 0 Å². The summed E-state index contributed by atoms with van der Waals surface area (Å²) in [4.78, 5) is 11.8. The lowest BCUT2D eigenvalue weighted by Gasteiger charge is -2.22. The highest BCUT2D eigenvalue weighted by atomic mass is 32.2. The molecule has 0 amide bonds. The molecule has 1 fully saturated rings. The second-order valence-corrected chi connectivity index (χ2v) is 8.11. The standard InChI is InChI=1S/C15H29NO3S/c1-2-3-4-5-6-7-8-9-15(17)12-14-13-20(18,19)11-10-16-14/h14,16H,2-13H2,1H3. The molecule has 0 aliphatic carbocycles. The van der Waals surface area contributed by atoms with Gasteiger partial charge in [-0.25, -0.2) is 8.42 Å². The van der Waals surface area contributed by atoms with Crippen molar-refractivity contribution in [3.63, 3.8) is 0 Å². The third-order valence-corrected chi connectivity index (χ3v) is 5.57. The fourth-order valence-electron chi connectivity index (χ4n) is 2.65. The Morgan fingerprint density at radius 3 is 2.40 bits per heavy atom. The van der Waals surface area contributed by atoms with Gasteiger partial charge in [0.05, 0.1) is 11.5 Å². The molecule has 1 rings (SSSR count). The first-order chi connectivity index (χ1) is 9.53. The first-order valence-electron chi connectivity index (χ1n) is 7.99. The summed E-state index contributed by atoms with van der Waals surface area (Å²) >= 11 is 0. The number of carbonyl (C=O) groups excluding carboxylic acids is 1. The molecule has 0 aromatic carbocycles. The van der Waals surface area contributed by atoms with E-state index in [1.807, 2.05) is 0 Å². The van der Waals surface area contributed by atoms with Crippen LogP contribution in [0, 0.1) is 0 Å². The number of hydrogen-bond donors (Lipinski definition) is 1. The molecule has 118 valence electrons. The van der Waals surface area contributed by atoms with Crippen LogP contribution in [0.4, 0.5) is 0 Å². The van der Waals surface area contributed by atoms with Crippen LogP contribution in [0.2, 0.25) is 0 Å².